The first-order chi connectivity index (χ1) is 5.37. The van der Waals surface area contributed by atoms with Gasteiger partial charge in [0.25, 0.3) is 0 Å². The van der Waals surface area contributed by atoms with E-state index in [4.69, 9.17) is 15.3 Å². The summed E-state index contributed by atoms with van der Waals surface area (Å²) in [5, 5.41) is 45.1. The van der Waals surface area contributed by atoms with Crippen molar-refractivity contribution >= 4 is 35.0 Å². The van der Waals surface area contributed by atoms with Crippen molar-refractivity contribution in [1.82, 2.24) is 0 Å². The second kappa shape index (κ2) is 6.10. The maximum absolute atomic E-state index is 9.82. The zero-order valence-electron chi connectivity index (χ0n) is 6.41. The van der Waals surface area contributed by atoms with Crippen molar-refractivity contribution in [3.63, 3.8) is 0 Å². The maximum atomic E-state index is 9.82. The first-order valence-electron chi connectivity index (χ1n) is 2.84. The van der Waals surface area contributed by atoms with Crippen LogP contribution in [0.15, 0.2) is 0 Å². The van der Waals surface area contributed by atoms with Gasteiger partial charge in [0.15, 0.2) is 0 Å². The van der Waals surface area contributed by atoms with E-state index < -0.39 is 30.3 Å². The normalized spacial score (nSPS) is 16.5. The van der Waals surface area contributed by atoms with Crippen molar-refractivity contribution in [1.29, 1.82) is 0 Å². The van der Waals surface area contributed by atoms with Crippen molar-refractivity contribution < 1.29 is 35.1 Å². The molecule has 0 saturated heterocycles. The predicted octanol–water partition coefficient (Wildman–Crippen LogP) is -5.81. The van der Waals surface area contributed by atoms with Gasteiger partial charge in [-0.1, -0.05) is 0 Å². The van der Waals surface area contributed by atoms with Gasteiger partial charge < -0.3 is 35.1 Å². The van der Waals surface area contributed by atoms with Crippen LogP contribution in [0.1, 0.15) is 0 Å². The quantitative estimate of drug-likeness (QED) is 0.386. The van der Waals surface area contributed by atoms with Gasteiger partial charge in [-0.3, -0.25) is 0 Å². The maximum Gasteiger partial charge on any atom is 2.00 e. The Balaban J connectivity index is 0. The second-order valence-electron chi connectivity index (χ2n) is 2.02. The van der Waals surface area contributed by atoms with E-state index in [0.717, 1.165) is 0 Å². The molecular formula is C5H6MgO7. The Kier molecular flexibility index (Phi) is 7.08. The van der Waals surface area contributed by atoms with E-state index in [2.05, 4.69) is 0 Å². The molecule has 0 spiro atoms. The van der Waals surface area contributed by atoms with Gasteiger partial charge in [-0.05, 0) is 0 Å². The number of carboxylic acids is 2. The molecule has 0 aromatic rings. The fraction of sp³-hybridized carbons (Fsp3) is 0.600. The van der Waals surface area contributed by atoms with Crippen LogP contribution in [0.5, 0.6) is 0 Å². The van der Waals surface area contributed by atoms with E-state index >= 15 is 0 Å². The van der Waals surface area contributed by atoms with Crippen molar-refractivity contribution in [3.8, 4) is 0 Å². The number of carbonyl (C=O) groups excluding carboxylic acids is 2. The molecule has 0 heterocycles. The molecule has 7 nitrogen and oxygen atoms in total. The molecule has 70 valence electrons. The average Bonchev–Trinajstić information content (AvgIpc) is 2.00. The molecule has 0 aliphatic heterocycles. The van der Waals surface area contributed by atoms with E-state index in [1.165, 1.54) is 0 Å². The number of carbonyl (C=O) groups is 2. The molecular weight excluding hydrogens is 196 g/mol. The Morgan fingerprint density at radius 1 is 0.923 bits per heavy atom. The molecule has 0 amide bonds. The summed E-state index contributed by atoms with van der Waals surface area (Å²) in [7, 11) is 0. The Bertz CT molecular complexity index is 173. The molecule has 0 aliphatic carbocycles. The van der Waals surface area contributed by atoms with E-state index in [1.807, 2.05) is 0 Å². The third kappa shape index (κ3) is 4.38. The van der Waals surface area contributed by atoms with Gasteiger partial charge in [0, 0.05) is 0 Å². The molecule has 3 atom stereocenters. The second-order valence-corrected chi connectivity index (χ2v) is 2.02. The van der Waals surface area contributed by atoms with Gasteiger partial charge in [0.05, 0.1) is 11.9 Å². The summed E-state index contributed by atoms with van der Waals surface area (Å²) in [6, 6.07) is 0. The van der Waals surface area contributed by atoms with Crippen LogP contribution in [-0.2, 0) is 9.59 Å². The third-order valence-corrected chi connectivity index (χ3v) is 1.13. The molecule has 0 aromatic heterocycles. The molecule has 0 aromatic carbocycles. The fourth-order valence-corrected chi connectivity index (χ4v) is 0.452. The summed E-state index contributed by atoms with van der Waals surface area (Å²) in [4.78, 5) is 19.6. The number of carboxylic acid groups (broad SMARTS) is 2. The van der Waals surface area contributed by atoms with Crippen molar-refractivity contribution in [2.24, 2.45) is 0 Å². The zero-order valence-corrected chi connectivity index (χ0v) is 7.83. The molecule has 0 rings (SSSR count). The minimum absolute atomic E-state index is 0. The minimum Gasteiger partial charge on any atom is -0.547 e. The Morgan fingerprint density at radius 2 is 1.15 bits per heavy atom. The largest absolute Gasteiger partial charge is 2.00 e. The van der Waals surface area contributed by atoms with Crippen LogP contribution in [0.25, 0.3) is 0 Å². The van der Waals surface area contributed by atoms with Gasteiger partial charge in [0.1, 0.15) is 18.3 Å². The first kappa shape index (κ1) is 15.1. The van der Waals surface area contributed by atoms with Crippen LogP contribution >= 0.6 is 0 Å². The van der Waals surface area contributed by atoms with Gasteiger partial charge >= 0.3 is 23.1 Å². The van der Waals surface area contributed by atoms with Gasteiger partial charge in [-0.15, -0.1) is 0 Å². The Morgan fingerprint density at radius 3 is 1.31 bits per heavy atom. The molecule has 0 aliphatic rings. The van der Waals surface area contributed by atoms with Gasteiger partial charge in [-0.25, -0.2) is 0 Å². The van der Waals surface area contributed by atoms with E-state index in [-0.39, 0.29) is 23.1 Å². The number of aliphatic hydroxyl groups excluding tert-OH is 3. The van der Waals surface area contributed by atoms with E-state index in [9.17, 15) is 19.8 Å². The topological polar surface area (TPSA) is 141 Å². The molecule has 0 saturated carbocycles. The number of aliphatic hydroxyl groups is 3. The monoisotopic (exact) mass is 202 g/mol. The van der Waals surface area contributed by atoms with Crippen molar-refractivity contribution in [2.75, 3.05) is 0 Å². The smallest absolute Gasteiger partial charge is 0.547 e. The molecule has 1 unspecified atom stereocenters. The predicted molar refractivity (Wildman–Crippen MR) is 33.8 cm³/mol. The van der Waals surface area contributed by atoms with Crippen molar-refractivity contribution in [2.45, 2.75) is 18.3 Å². The van der Waals surface area contributed by atoms with Gasteiger partial charge in [-0.2, -0.15) is 0 Å². The van der Waals surface area contributed by atoms with Crippen LogP contribution in [-0.4, -0.2) is 68.6 Å². The van der Waals surface area contributed by atoms with Gasteiger partial charge in [0.2, 0.25) is 0 Å². The fourth-order valence-electron chi connectivity index (χ4n) is 0.452. The molecule has 3 N–H and O–H groups in total. The molecule has 0 radical (unpaired) electrons. The van der Waals surface area contributed by atoms with Crippen LogP contribution in [0, 0.1) is 0 Å². The average molecular weight is 202 g/mol. The first-order valence-corrected chi connectivity index (χ1v) is 2.84. The van der Waals surface area contributed by atoms with Crippen LogP contribution in [0.3, 0.4) is 0 Å². The number of hydrogen-bond acceptors (Lipinski definition) is 7. The molecule has 0 fully saturated rings. The summed E-state index contributed by atoms with van der Waals surface area (Å²) in [6.45, 7) is 0. The van der Waals surface area contributed by atoms with Crippen molar-refractivity contribution in [3.05, 3.63) is 0 Å². The minimum atomic E-state index is -2.46. The standard InChI is InChI=1S/C5H8O7.Mg/c6-1(2(7)4(9)10)3(8)5(11)12;/h1-3,6-8H,(H,9,10)(H,11,12);/q;+2/p-2/t1?,2-,3+;. The van der Waals surface area contributed by atoms with Crippen LogP contribution in [0.4, 0.5) is 0 Å². The number of aliphatic carboxylic acids is 2. The third-order valence-electron chi connectivity index (χ3n) is 1.13. The Labute approximate surface area is 88.8 Å². The Hall–Kier alpha value is -0.414. The van der Waals surface area contributed by atoms with Crippen LogP contribution in [0.2, 0.25) is 0 Å². The summed E-state index contributed by atoms with van der Waals surface area (Å²) < 4.78 is 0. The summed E-state index contributed by atoms with van der Waals surface area (Å²) >= 11 is 0. The number of hydrogen-bond donors (Lipinski definition) is 3. The van der Waals surface area contributed by atoms with Crippen LogP contribution < -0.4 is 10.2 Å². The molecule has 8 heteroatoms. The summed E-state index contributed by atoms with van der Waals surface area (Å²) in [5.41, 5.74) is 0. The molecule has 13 heavy (non-hydrogen) atoms. The van der Waals surface area contributed by atoms with E-state index in [0.29, 0.717) is 0 Å². The summed E-state index contributed by atoms with van der Waals surface area (Å²) in [5.74, 6) is -4.16. The summed E-state index contributed by atoms with van der Waals surface area (Å²) in [6.07, 6.45) is -7.28. The van der Waals surface area contributed by atoms with E-state index in [1.54, 1.807) is 0 Å². The zero-order chi connectivity index (χ0) is 9.89. The number of rotatable bonds is 4. The molecule has 0 bridgehead atoms. The SMILES string of the molecule is O=C([O-])[C@@H](O)C(O)[C@@H](O)C(=O)[O-].[Mg+2].